The van der Waals surface area contributed by atoms with E-state index in [0.717, 1.165) is 18.8 Å². The van der Waals surface area contributed by atoms with E-state index in [1.165, 1.54) is 30.5 Å². The quantitative estimate of drug-likeness (QED) is 0.868. The first-order valence-electron chi connectivity index (χ1n) is 6.81. The van der Waals surface area contributed by atoms with E-state index in [-0.39, 0.29) is 0 Å². The Bertz CT molecular complexity index is 374. The fraction of sp³-hybridized carbons (Fsp3) is 0.714. The highest BCUT2D eigenvalue weighted by Crippen LogP contribution is 2.28. The third-order valence-electron chi connectivity index (χ3n) is 3.36. The van der Waals surface area contributed by atoms with E-state index < -0.39 is 0 Å². The van der Waals surface area contributed by atoms with Gasteiger partial charge in [0.25, 0.3) is 0 Å². The minimum Gasteiger partial charge on any atom is -0.310 e. The van der Waals surface area contributed by atoms with Crippen LogP contribution in [0.4, 0.5) is 0 Å². The van der Waals surface area contributed by atoms with E-state index in [0.29, 0.717) is 12.0 Å². The van der Waals surface area contributed by atoms with Gasteiger partial charge in [-0.1, -0.05) is 20.8 Å². The van der Waals surface area contributed by atoms with Gasteiger partial charge in [-0.25, -0.2) is 9.97 Å². The van der Waals surface area contributed by atoms with Crippen molar-refractivity contribution in [1.82, 2.24) is 15.3 Å². The van der Waals surface area contributed by atoms with Crippen LogP contribution in [-0.2, 0) is 6.42 Å². The number of hydrogen-bond acceptors (Lipinski definition) is 3. The van der Waals surface area contributed by atoms with Gasteiger partial charge < -0.3 is 5.32 Å². The summed E-state index contributed by atoms with van der Waals surface area (Å²) in [6, 6.07) is 0.472. The minimum atomic E-state index is 0.421. The van der Waals surface area contributed by atoms with Crippen molar-refractivity contribution in [2.24, 2.45) is 0 Å². The molecule has 0 saturated heterocycles. The van der Waals surface area contributed by atoms with Crippen molar-refractivity contribution < 1.29 is 0 Å². The summed E-state index contributed by atoms with van der Waals surface area (Å²) in [5.41, 5.74) is 2.60. The zero-order valence-corrected chi connectivity index (χ0v) is 11.2. The molecule has 1 atom stereocenters. The Hall–Kier alpha value is -0.960. The molecule has 0 saturated carbocycles. The smallest absolute Gasteiger partial charge is 0.131 e. The molecule has 1 N–H and O–H groups in total. The molecule has 2 rings (SSSR count). The van der Waals surface area contributed by atoms with Gasteiger partial charge in [-0.3, -0.25) is 0 Å². The third kappa shape index (κ3) is 2.83. The second kappa shape index (κ2) is 5.58. The van der Waals surface area contributed by atoms with E-state index in [2.05, 4.69) is 31.1 Å². The van der Waals surface area contributed by atoms with Crippen molar-refractivity contribution in [3.05, 3.63) is 23.3 Å². The van der Waals surface area contributed by atoms with Gasteiger partial charge in [-0.05, 0) is 32.2 Å². The first-order chi connectivity index (χ1) is 8.22. The van der Waals surface area contributed by atoms with Crippen LogP contribution in [0.3, 0.4) is 0 Å². The Morgan fingerprint density at radius 2 is 2.29 bits per heavy atom. The van der Waals surface area contributed by atoms with Gasteiger partial charge in [-0.15, -0.1) is 0 Å². The molecule has 0 aliphatic heterocycles. The van der Waals surface area contributed by atoms with Crippen LogP contribution in [0.1, 0.15) is 69.1 Å². The SMILES string of the molecule is CCCNC1CCCc2nc(C(C)C)ncc21. The van der Waals surface area contributed by atoms with Gasteiger partial charge in [0.05, 0.1) is 0 Å². The molecule has 1 aromatic heterocycles. The summed E-state index contributed by atoms with van der Waals surface area (Å²) in [6.07, 6.45) is 6.79. The Morgan fingerprint density at radius 1 is 1.47 bits per heavy atom. The average molecular weight is 233 g/mol. The maximum absolute atomic E-state index is 4.72. The van der Waals surface area contributed by atoms with Crippen LogP contribution >= 0.6 is 0 Å². The van der Waals surface area contributed by atoms with E-state index in [4.69, 9.17) is 4.98 Å². The van der Waals surface area contributed by atoms with Crippen molar-refractivity contribution in [2.45, 2.75) is 58.4 Å². The topological polar surface area (TPSA) is 37.8 Å². The molecule has 0 bridgehead atoms. The highest BCUT2D eigenvalue weighted by atomic mass is 14.9. The second-order valence-electron chi connectivity index (χ2n) is 5.18. The van der Waals surface area contributed by atoms with Crippen LogP contribution in [0.2, 0.25) is 0 Å². The van der Waals surface area contributed by atoms with E-state index in [9.17, 15) is 0 Å². The molecule has 1 aromatic rings. The Labute approximate surface area is 104 Å². The zero-order valence-electron chi connectivity index (χ0n) is 11.2. The van der Waals surface area contributed by atoms with Crippen molar-refractivity contribution >= 4 is 0 Å². The van der Waals surface area contributed by atoms with Crippen LogP contribution in [0.5, 0.6) is 0 Å². The maximum atomic E-state index is 4.72. The fourth-order valence-corrected chi connectivity index (χ4v) is 2.37. The number of rotatable bonds is 4. The molecule has 1 unspecified atom stereocenters. The molecule has 17 heavy (non-hydrogen) atoms. The summed E-state index contributed by atoms with van der Waals surface area (Å²) in [6.45, 7) is 7.58. The summed E-state index contributed by atoms with van der Waals surface area (Å²) in [7, 11) is 0. The number of nitrogens with one attached hydrogen (secondary N) is 1. The molecule has 0 spiro atoms. The fourth-order valence-electron chi connectivity index (χ4n) is 2.37. The van der Waals surface area contributed by atoms with Gasteiger partial charge in [0.1, 0.15) is 5.82 Å². The zero-order chi connectivity index (χ0) is 12.3. The summed E-state index contributed by atoms with van der Waals surface area (Å²) < 4.78 is 0. The maximum Gasteiger partial charge on any atom is 0.131 e. The molecule has 1 aliphatic carbocycles. The molecule has 1 heterocycles. The van der Waals surface area contributed by atoms with Crippen LogP contribution in [0.25, 0.3) is 0 Å². The highest BCUT2D eigenvalue weighted by molar-refractivity contribution is 5.25. The average Bonchev–Trinajstić information content (AvgIpc) is 2.35. The third-order valence-corrected chi connectivity index (χ3v) is 3.36. The Morgan fingerprint density at radius 3 is 3.00 bits per heavy atom. The Balaban J connectivity index is 2.20. The lowest BCUT2D eigenvalue weighted by Gasteiger charge is -2.25. The number of hydrogen-bond donors (Lipinski definition) is 1. The van der Waals surface area contributed by atoms with Crippen molar-refractivity contribution in [3.63, 3.8) is 0 Å². The molecule has 0 aromatic carbocycles. The lowest BCUT2D eigenvalue weighted by molar-refractivity contribution is 0.451. The van der Waals surface area contributed by atoms with Crippen LogP contribution in [-0.4, -0.2) is 16.5 Å². The van der Waals surface area contributed by atoms with Crippen molar-refractivity contribution in [1.29, 1.82) is 0 Å². The van der Waals surface area contributed by atoms with Gasteiger partial charge in [-0.2, -0.15) is 0 Å². The molecular formula is C14H23N3. The van der Waals surface area contributed by atoms with Crippen molar-refractivity contribution in [3.8, 4) is 0 Å². The first-order valence-corrected chi connectivity index (χ1v) is 6.81. The largest absolute Gasteiger partial charge is 0.310 e. The van der Waals surface area contributed by atoms with E-state index >= 15 is 0 Å². The Kier molecular flexibility index (Phi) is 4.11. The number of aromatic nitrogens is 2. The molecular weight excluding hydrogens is 210 g/mol. The van der Waals surface area contributed by atoms with Crippen LogP contribution in [0.15, 0.2) is 6.20 Å². The number of nitrogens with zero attached hydrogens (tertiary/aromatic N) is 2. The lowest BCUT2D eigenvalue weighted by Crippen LogP contribution is -2.27. The summed E-state index contributed by atoms with van der Waals surface area (Å²) in [5, 5.41) is 3.60. The predicted octanol–water partition coefficient (Wildman–Crippen LogP) is 2.98. The van der Waals surface area contributed by atoms with Gasteiger partial charge >= 0.3 is 0 Å². The summed E-state index contributed by atoms with van der Waals surface area (Å²) >= 11 is 0. The predicted molar refractivity (Wildman–Crippen MR) is 70.1 cm³/mol. The van der Waals surface area contributed by atoms with Crippen LogP contribution < -0.4 is 5.32 Å². The van der Waals surface area contributed by atoms with E-state index in [1.807, 2.05) is 6.20 Å². The molecule has 1 aliphatic rings. The lowest BCUT2D eigenvalue weighted by atomic mass is 9.92. The molecule has 94 valence electrons. The standard InChI is InChI=1S/C14H23N3/c1-4-8-15-12-6-5-7-13-11(12)9-16-14(17-13)10(2)3/h9-10,12,15H,4-8H2,1-3H3. The normalized spacial score (nSPS) is 19.4. The number of aryl methyl sites for hydroxylation is 1. The summed E-state index contributed by atoms with van der Waals surface area (Å²) in [4.78, 5) is 9.22. The highest BCUT2D eigenvalue weighted by Gasteiger charge is 2.21. The van der Waals surface area contributed by atoms with Gasteiger partial charge in [0.15, 0.2) is 0 Å². The minimum absolute atomic E-state index is 0.421. The van der Waals surface area contributed by atoms with Gasteiger partial charge in [0, 0.05) is 29.4 Å². The molecule has 3 nitrogen and oxygen atoms in total. The van der Waals surface area contributed by atoms with E-state index in [1.54, 1.807) is 0 Å². The van der Waals surface area contributed by atoms with Gasteiger partial charge in [0.2, 0.25) is 0 Å². The summed E-state index contributed by atoms with van der Waals surface area (Å²) in [5.74, 6) is 1.41. The monoisotopic (exact) mass is 233 g/mol. The molecule has 3 heteroatoms. The number of fused-ring (bicyclic) bond motifs is 1. The molecule has 0 radical (unpaired) electrons. The second-order valence-corrected chi connectivity index (χ2v) is 5.18. The molecule has 0 fully saturated rings. The van der Waals surface area contributed by atoms with Crippen molar-refractivity contribution in [2.75, 3.05) is 6.54 Å². The first kappa shape index (κ1) is 12.5. The van der Waals surface area contributed by atoms with Crippen LogP contribution in [0, 0.1) is 0 Å². The molecule has 0 amide bonds.